The molecule has 0 saturated carbocycles. The van der Waals surface area contributed by atoms with Gasteiger partial charge in [-0.1, -0.05) is 32.4 Å². The minimum atomic E-state index is -1.12. The van der Waals surface area contributed by atoms with E-state index in [0.717, 1.165) is 10.6 Å². The Balaban J connectivity index is 2.53. The van der Waals surface area contributed by atoms with Crippen molar-refractivity contribution < 1.29 is 19.4 Å². The number of morpholine rings is 1. The summed E-state index contributed by atoms with van der Waals surface area (Å²) in [4.78, 5) is 27.6. The molecule has 0 spiro atoms. The first-order valence-corrected chi connectivity index (χ1v) is 8.69. The van der Waals surface area contributed by atoms with Gasteiger partial charge < -0.3 is 14.7 Å². The highest BCUT2D eigenvalue weighted by Crippen LogP contribution is 2.35. The second kappa shape index (κ2) is 7.98. The van der Waals surface area contributed by atoms with Crippen LogP contribution in [0.15, 0.2) is 18.2 Å². The molecule has 1 aromatic rings. The van der Waals surface area contributed by atoms with Crippen LogP contribution in [0.3, 0.4) is 0 Å². The van der Waals surface area contributed by atoms with Gasteiger partial charge in [-0.05, 0) is 29.5 Å². The van der Waals surface area contributed by atoms with Crippen LogP contribution in [0, 0.1) is 17.8 Å². The van der Waals surface area contributed by atoms with E-state index in [4.69, 9.17) is 22.8 Å². The molecule has 1 N–H and O–H groups in total. The molecule has 6 nitrogen and oxygen atoms in total. The average Bonchev–Trinajstić information content (AvgIpc) is 2.59. The van der Waals surface area contributed by atoms with Crippen molar-refractivity contribution in [3.05, 3.63) is 23.2 Å². The number of ether oxygens (including phenoxy) is 1. The molecule has 1 aliphatic heterocycles. The maximum absolute atomic E-state index is 12.4. The third-order valence-electron chi connectivity index (χ3n) is 4.21. The summed E-state index contributed by atoms with van der Waals surface area (Å²) in [5.74, 6) is 0.214. The molecule has 0 aromatic heterocycles. The van der Waals surface area contributed by atoms with E-state index in [1.165, 1.54) is 0 Å². The molecule has 1 fully saturated rings. The molecule has 1 atom stereocenters. The van der Waals surface area contributed by atoms with Crippen molar-refractivity contribution in [2.75, 3.05) is 36.1 Å². The predicted molar refractivity (Wildman–Crippen MR) is 102 cm³/mol. The molecule has 1 heterocycles. The molecule has 1 amide bonds. The van der Waals surface area contributed by atoms with Crippen LogP contribution in [0.5, 0.6) is 0 Å². The highest BCUT2D eigenvalue weighted by atomic mass is 35.5. The fraction of sp³-hybridized carbons (Fsp3) is 0.474. The number of aliphatic carboxylic acids is 1. The van der Waals surface area contributed by atoms with Gasteiger partial charge in [0.1, 0.15) is 6.04 Å². The summed E-state index contributed by atoms with van der Waals surface area (Å²) >= 11 is 6.34. The number of carbonyl (C=O) groups excluding carboxylic acids is 1. The molecule has 0 radical (unpaired) electrons. The summed E-state index contributed by atoms with van der Waals surface area (Å²) in [6.07, 6.45) is 5.32. The van der Waals surface area contributed by atoms with Gasteiger partial charge in [0.25, 0.3) is 0 Å². The Morgan fingerprint density at radius 2 is 1.96 bits per heavy atom. The molecule has 1 aliphatic rings. The molecule has 1 unspecified atom stereocenters. The fourth-order valence-corrected chi connectivity index (χ4v) is 3.26. The number of carbonyl (C=O) groups is 2. The van der Waals surface area contributed by atoms with Crippen LogP contribution in [-0.4, -0.2) is 49.3 Å². The molecule has 1 aromatic carbocycles. The van der Waals surface area contributed by atoms with Crippen molar-refractivity contribution in [2.24, 2.45) is 5.41 Å². The predicted octanol–water partition coefficient (Wildman–Crippen LogP) is 2.64. The smallest absolute Gasteiger partial charge is 0.327 e. The van der Waals surface area contributed by atoms with E-state index in [2.05, 4.69) is 0 Å². The lowest BCUT2D eigenvalue weighted by Crippen LogP contribution is -2.52. The first-order valence-electron chi connectivity index (χ1n) is 8.31. The van der Waals surface area contributed by atoms with Crippen molar-refractivity contribution in [1.82, 2.24) is 0 Å². The lowest BCUT2D eigenvalue weighted by atomic mass is 9.85. The number of hydrogen-bond acceptors (Lipinski definition) is 4. The Kier molecular flexibility index (Phi) is 6.17. The van der Waals surface area contributed by atoms with Crippen molar-refractivity contribution in [3.63, 3.8) is 0 Å². The second-order valence-electron chi connectivity index (χ2n) is 7.16. The van der Waals surface area contributed by atoms with Crippen LogP contribution in [0.1, 0.15) is 20.8 Å². The summed E-state index contributed by atoms with van der Waals surface area (Å²) in [5, 5.41) is 10.3. The van der Waals surface area contributed by atoms with Crippen molar-refractivity contribution in [3.8, 4) is 12.3 Å². The van der Waals surface area contributed by atoms with E-state index in [0.29, 0.717) is 37.0 Å². The zero-order valence-electron chi connectivity index (χ0n) is 15.2. The third-order valence-corrected chi connectivity index (χ3v) is 4.53. The Hall–Kier alpha value is -2.23. The summed E-state index contributed by atoms with van der Waals surface area (Å²) in [5.41, 5.74) is 0.401. The molecule has 0 aliphatic carbocycles. The number of benzene rings is 1. The van der Waals surface area contributed by atoms with E-state index in [1.807, 2.05) is 10.8 Å². The zero-order valence-corrected chi connectivity index (χ0v) is 15.9. The molecule has 26 heavy (non-hydrogen) atoms. The molecular weight excluding hydrogens is 356 g/mol. The van der Waals surface area contributed by atoms with Crippen molar-refractivity contribution in [2.45, 2.75) is 26.8 Å². The third kappa shape index (κ3) is 4.29. The molecule has 140 valence electrons. The maximum atomic E-state index is 12.4. The Morgan fingerprint density at radius 3 is 2.46 bits per heavy atom. The number of anilines is 2. The zero-order chi connectivity index (χ0) is 19.5. The van der Waals surface area contributed by atoms with Crippen LogP contribution < -0.4 is 9.80 Å². The SMILES string of the molecule is C#CC(=O)N(c1ccc(Cl)c(N2CCOCC2)c1)C(C(=O)O)C(C)(C)C. The lowest BCUT2D eigenvalue weighted by molar-refractivity contribution is -0.142. The average molecular weight is 379 g/mol. The van der Waals surface area contributed by atoms with E-state index in [9.17, 15) is 14.7 Å². The molecule has 7 heteroatoms. The molecule has 1 saturated heterocycles. The monoisotopic (exact) mass is 378 g/mol. The normalized spacial score (nSPS) is 15.9. The first kappa shape index (κ1) is 20.1. The summed E-state index contributed by atoms with van der Waals surface area (Å²) in [6.45, 7) is 7.73. The minimum absolute atomic E-state index is 0.404. The largest absolute Gasteiger partial charge is 0.480 e. The van der Waals surface area contributed by atoms with Crippen LogP contribution >= 0.6 is 11.6 Å². The number of hydrogen-bond donors (Lipinski definition) is 1. The van der Waals surface area contributed by atoms with Crippen LogP contribution in [0.4, 0.5) is 11.4 Å². The number of nitrogens with zero attached hydrogens (tertiary/aromatic N) is 2. The van der Waals surface area contributed by atoms with Crippen LogP contribution in [0.25, 0.3) is 0 Å². The quantitative estimate of drug-likeness (QED) is 0.815. The summed E-state index contributed by atoms with van der Waals surface area (Å²) in [7, 11) is 0. The first-order chi connectivity index (χ1) is 12.2. The minimum Gasteiger partial charge on any atom is -0.480 e. The standard InChI is InChI=1S/C19H23ClN2O4/c1-5-16(23)22(17(18(24)25)19(2,3)4)13-6-7-14(20)15(12-13)21-8-10-26-11-9-21/h1,6-7,12,17H,8-11H2,2-4H3,(H,24,25). The van der Waals surface area contributed by atoms with Crippen molar-refractivity contribution >= 4 is 34.9 Å². The van der Waals surface area contributed by atoms with Gasteiger partial charge in [-0.2, -0.15) is 0 Å². The highest BCUT2D eigenvalue weighted by Gasteiger charge is 2.40. The Labute approximate surface area is 158 Å². The van der Waals surface area contributed by atoms with E-state index < -0.39 is 23.3 Å². The van der Waals surface area contributed by atoms with Gasteiger partial charge in [-0.15, -0.1) is 6.42 Å². The number of halogens is 1. The summed E-state index contributed by atoms with van der Waals surface area (Å²) < 4.78 is 5.36. The van der Waals surface area contributed by atoms with Crippen LogP contribution in [0.2, 0.25) is 5.02 Å². The van der Waals surface area contributed by atoms with Gasteiger partial charge in [0.05, 0.1) is 23.9 Å². The Bertz CT molecular complexity index is 730. The van der Waals surface area contributed by atoms with E-state index in [-0.39, 0.29) is 0 Å². The number of amides is 1. The summed E-state index contributed by atoms with van der Waals surface area (Å²) in [6, 6.07) is 3.86. The van der Waals surface area contributed by atoms with Gasteiger partial charge in [0, 0.05) is 18.8 Å². The van der Waals surface area contributed by atoms with Gasteiger partial charge in [-0.3, -0.25) is 9.69 Å². The fourth-order valence-electron chi connectivity index (χ4n) is 3.02. The Morgan fingerprint density at radius 1 is 1.35 bits per heavy atom. The van der Waals surface area contributed by atoms with Gasteiger partial charge in [-0.25, -0.2) is 4.79 Å². The van der Waals surface area contributed by atoms with Gasteiger partial charge in [0.2, 0.25) is 0 Å². The number of terminal acetylenes is 1. The van der Waals surface area contributed by atoms with Gasteiger partial charge in [0.15, 0.2) is 0 Å². The van der Waals surface area contributed by atoms with Gasteiger partial charge >= 0.3 is 11.9 Å². The van der Waals surface area contributed by atoms with Crippen molar-refractivity contribution in [1.29, 1.82) is 0 Å². The second-order valence-corrected chi connectivity index (χ2v) is 7.57. The molecular formula is C19H23ClN2O4. The topological polar surface area (TPSA) is 70.1 Å². The maximum Gasteiger partial charge on any atom is 0.327 e. The number of rotatable bonds is 4. The van der Waals surface area contributed by atoms with Crippen LogP contribution in [-0.2, 0) is 14.3 Å². The van der Waals surface area contributed by atoms with E-state index in [1.54, 1.807) is 39.0 Å². The molecule has 0 bridgehead atoms. The molecule has 2 rings (SSSR count). The number of carboxylic acid groups (broad SMARTS) is 1. The lowest BCUT2D eigenvalue weighted by Gasteiger charge is -2.37. The highest BCUT2D eigenvalue weighted by molar-refractivity contribution is 6.33. The van der Waals surface area contributed by atoms with E-state index >= 15 is 0 Å². The number of carboxylic acids is 1.